The van der Waals surface area contributed by atoms with Gasteiger partial charge in [-0.15, -0.1) is 22.7 Å². The highest BCUT2D eigenvalue weighted by Crippen LogP contribution is 2.36. The summed E-state index contributed by atoms with van der Waals surface area (Å²) >= 11 is 7.83. The van der Waals surface area contributed by atoms with Gasteiger partial charge in [0.25, 0.3) is 11.8 Å². The van der Waals surface area contributed by atoms with E-state index >= 15 is 0 Å². The fourth-order valence-corrected chi connectivity index (χ4v) is 8.09. The molecule has 410 valence electrons. The maximum absolute atomic E-state index is 12.7. The van der Waals surface area contributed by atoms with Crippen molar-refractivity contribution in [3.8, 4) is 39.0 Å². The predicted molar refractivity (Wildman–Crippen MR) is 283 cm³/mol. The van der Waals surface area contributed by atoms with Crippen molar-refractivity contribution in [2.75, 3.05) is 37.3 Å². The zero-order chi connectivity index (χ0) is 57.2. The van der Waals surface area contributed by atoms with Crippen molar-refractivity contribution in [2.24, 2.45) is 0 Å². The number of aromatic nitrogens is 16. The maximum atomic E-state index is 12.7. The first kappa shape index (κ1) is 61.6. The minimum absolute atomic E-state index is 0.0375. The zero-order valence-electron chi connectivity index (χ0n) is 40.4. The Kier molecular flexibility index (Phi) is 24.3. The third-order valence-electron chi connectivity index (χ3n) is 8.54. The number of rotatable bonds is 12. The van der Waals surface area contributed by atoms with E-state index in [9.17, 15) is 26.3 Å². The summed E-state index contributed by atoms with van der Waals surface area (Å²) in [5, 5.41) is 10.3. The molecule has 10 aromatic rings. The second kappa shape index (κ2) is 31.2. The van der Waals surface area contributed by atoms with E-state index < -0.39 is 24.1 Å². The number of nitrogens with one attached hydrogen (secondary N) is 1. The van der Waals surface area contributed by atoms with Crippen molar-refractivity contribution in [3.63, 3.8) is 0 Å². The number of methoxy groups -OCH3 is 3. The van der Waals surface area contributed by atoms with Crippen molar-refractivity contribution >= 4 is 98.4 Å². The van der Waals surface area contributed by atoms with E-state index in [1.807, 2.05) is 0 Å². The lowest BCUT2D eigenvalue weighted by molar-refractivity contribution is -0.160. The van der Waals surface area contributed by atoms with Gasteiger partial charge < -0.3 is 38.6 Å². The number of thiophene rings is 2. The van der Waals surface area contributed by atoms with Gasteiger partial charge in [-0.1, -0.05) is 26.2 Å². The summed E-state index contributed by atoms with van der Waals surface area (Å²) in [4.78, 5) is 59.3. The first-order valence-electron chi connectivity index (χ1n) is 21.2. The van der Waals surface area contributed by atoms with Crippen molar-refractivity contribution in [1.29, 1.82) is 0 Å². The van der Waals surface area contributed by atoms with E-state index in [0.717, 1.165) is 13.5 Å². The van der Waals surface area contributed by atoms with Crippen LogP contribution in [-0.4, -0.2) is 110 Å². The summed E-state index contributed by atoms with van der Waals surface area (Å²) in [6.45, 7) is 0.280. The van der Waals surface area contributed by atoms with Gasteiger partial charge in [-0.05, 0) is 46.9 Å². The second-order valence-corrected chi connectivity index (χ2v) is 17.6. The molecule has 0 saturated carbocycles. The van der Waals surface area contributed by atoms with E-state index in [-0.39, 0.29) is 24.1 Å². The van der Waals surface area contributed by atoms with Gasteiger partial charge in [0, 0.05) is 89.4 Å². The standard InChI is InChI=1S/C17H12F3N7O2S.C9H9N5O.C8H4BrF3N2OS.C5H5IN2O.C4H5N3.BF/c1-28-15-14(23-6-7-24-15)27(12-8-21-4-5-22-12)9-10-2-3-11(30-10)13-25-16(29-26-13)17(18,19)20;1-15-9-8(12-4-5-13-9)14-7-6-10-2-3-11-7;9-3-4-1-2-5(16-4)6-13-7(15-14-6)8(10,11)12;1-9-5-4(6)7-2-3-8-5;5-4-3-6-1-2-7-4;1-2/h2-8H,9H2,1H3;2-6H,1H3,(H,11,12,14);1-2H,3H2;2-3H,1H3;1-3H,(H2,5,7);. The molecule has 10 heterocycles. The lowest BCUT2D eigenvalue weighted by Crippen LogP contribution is -2.19. The highest BCUT2D eigenvalue weighted by Gasteiger charge is 2.39. The lowest BCUT2D eigenvalue weighted by Gasteiger charge is -2.22. The fourth-order valence-electron chi connectivity index (χ4n) is 5.33. The van der Waals surface area contributed by atoms with Crippen molar-refractivity contribution in [2.45, 2.75) is 24.2 Å². The molecule has 3 N–H and O–H groups in total. The Hall–Kier alpha value is -8.26. The number of hydrogen-bond acceptors (Lipinski definition) is 26. The summed E-state index contributed by atoms with van der Waals surface area (Å²) in [5.41, 5.74) is 5.18. The Morgan fingerprint density at radius 3 is 1.56 bits per heavy atom. The minimum Gasteiger partial charge on any atom is -0.479 e. The Morgan fingerprint density at radius 2 is 1.10 bits per heavy atom. The van der Waals surface area contributed by atoms with Crippen molar-refractivity contribution in [1.82, 2.24) is 80.1 Å². The van der Waals surface area contributed by atoms with Crippen LogP contribution >= 0.6 is 61.2 Å². The SMILES string of the molecule is COc1nccnc1I.COc1nccnc1N(Cc1ccc(-c2noc(C(F)(F)F)n2)s1)c1cnccn1.COc1nccnc1Nc1cnccn1.FC(F)(F)c1nc(-c2ccc(CBr)s2)no1.Nc1cnccn1.[B]F. The fraction of sp³-hybridized carbons (Fsp3) is 0.163. The smallest absolute Gasteiger partial charge is 0.471 e. The molecular formula is C43H35BBrF7IN19O5S2. The Labute approximate surface area is 472 Å². The maximum Gasteiger partial charge on any atom is 0.471 e. The molecule has 0 bridgehead atoms. The van der Waals surface area contributed by atoms with E-state index in [0.29, 0.717) is 55.9 Å². The van der Waals surface area contributed by atoms with Crippen LogP contribution in [-0.2, 0) is 24.2 Å². The molecule has 0 amide bonds. The van der Waals surface area contributed by atoms with Gasteiger partial charge >= 0.3 is 32.3 Å². The molecule has 0 aliphatic rings. The molecule has 79 heavy (non-hydrogen) atoms. The van der Waals surface area contributed by atoms with Gasteiger partial charge in [-0.3, -0.25) is 19.9 Å². The molecular weight excluding hydrogens is 1280 g/mol. The number of ether oxygens (including phenoxy) is 3. The van der Waals surface area contributed by atoms with Gasteiger partial charge in [0.15, 0.2) is 21.2 Å². The van der Waals surface area contributed by atoms with Gasteiger partial charge in [0.1, 0.15) is 11.6 Å². The van der Waals surface area contributed by atoms with Crippen molar-refractivity contribution < 1.29 is 53.9 Å². The Bertz CT molecular complexity index is 3350. The first-order chi connectivity index (χ1) is 38.1. The van der Waals surface area contributed by atoms with Crippen LogP contribution in [0, 0.1) is 3.70 Å². The molecule has 0 aliphatic carbocycles. The van der Waals surface area contributed by atoms with Crippen LogP contribution in [0.2, 0.25) is 0 Å². The van der Waals surface area contributed by atoms with Gasteiger partial charge in [0.05, 0.1) is 56.2 Å². The number of nitrogens with two attached hydrogens (primary N) is 1. The van der Waals surface area contributed by atoms with E-state index in [1.54, 1.807) is 98.2 Å². The number of nitrogens with zero attached hydrogens (tertiary/aromatic N) is 17. The molecule has 0 unspecified atom stereocenters. The van der Waals surface area contributed by atoms with Gasteiger partial charge in [-0.25, -0.2) is 44.9 Å². The molecule has 36 heteroatoms. The highest BCUT2D eigenvalue weighted by molar-refractivity contribution is 14.1. The molecule has 0 atom stereocenters. The molecule has 2 radical (unpaired) electrons. The summed E-state index contributed by atoms with van der Waals surface area (Å²) < 4.78 is 108. The van der Waals surface area contributed by atoms with Gasteiger partial charge in [-0.2, -0.15) is 36.3 Å². The van der Waals surface area contributed by atoms with Crippen LogP contribution in [0.4, 0.5) is 59.7 Å². The van der Waals surface area contributed by atoms with Crippen LogP contribution in [0.15, 0.2) is 126 Å². The van der Waals surface area contributed by atoms with E-state index in [4.69, 9.17) is 24.3 Å². The molecule has 0 spiro atoms. The molecule has 24 nitrogen and oxygen atoms in total. The summed E-state index contributed by atoms with van der Waals surface area (Å²) in [5.74, 6) is 0.869. The monoisotopic (exact) mass is 1310 g/mol. The largest absolute Gasteiger partial charge is 0.479 e. The summed E-state index contributed by atoms with van der Waals surface area (Å²) in [6, 6.07) is 6.81. The number of hydrogen-bond donors (Lipinski definition) is 2. The van der Waals surface area contributed by atoms with E-state index in [1.165, 1.54) is 67.9 Å². The number of halogens is 9. The van der Waals surface area contributed by atoms with Crippen LogP contribution in [0.1, 0.15) is 21.5 Å². The molecule has 10 aromatic heterocycles. The average Bonchev–Trinajstić information content (AvgIpc) is 4.36. The average molecular weight is 1310 g/mol. The van der Waals surface area contributed by atoms with E-state index in [2.05, 4.69) is 141 Å². The zero-order valence-corrected chi connectivity index (χ0v) is 45.8. The topological polar surface area (TPSA) is 301 Å². The van der Waals surface area contributed by atoms with Crippen LogP contribution in [0.25, 0.3) is 21.4 Å². The number of nitrogen functional groups attached to an aromatic ring is 1. The van der Waals surface area contributed by atoms with Gasteiger partial charge in [0.2, 0.25) is 17.5 Å². The van der Waals surface area contributed by atoms with Crippen LogP contribution in [0.5, 0.6) is 17.6 Å². The third kappa shape index (κ3) is 19.3. The summed E-state index contributed by atoms with van der Waals surface area (Å²) in [6.07, 6.45) is 14.1. The lowest BCUT2D eigenvalue weighted by atomic mass is 10.3. The quantitative estimate of drug-likeness (QED) is 0.0497. The summed E-state index contributed by atoms with van der Waals surface area (Å²) in [7, 11) is 7.58. The molecule has 0 aliphatic heterocycles. The predicted octanol–water partition coefficient (Wildman–Crippen LogP) is 9.66. The van der Waals surface area contributed by atoms with Crippen LogP contribution < -0.4 is 30.2 Å². The second-order valence-electron chi connectivity index (χ2n) is 13.7. The normalized spacial score (nSPS) is 10.5. The Morgan fingerprint density at radius 1 is 0.608 bits per heavy atom. The first-order valence-corrected chi connectivity index (χ1v) is 25.0. The Balaban J connectivity index is 0.000000198. The molecule has 10 rings (SSSR count). The number of alkyl halides is 7. The molecule has 0 saturated heterocycles. The minimum atomic E-state index is -4.70. The number of anilines is 5. The highest BCUT2D eigenvalue weighted by atomic mass is 127. The third-order valence-corrected chi connectivity index (χ3v) is 12.4. The van der Waals surface area contributed by atoms with Crippen LogP contribution in [0.3, 0.4) is 0 Å². The molecule has 0 aromatic carbocycles. The van der Waals surface area contributed by atoms with Crippen molar-refractivity contribution in [3.05, 3.63) is 142 Å². The molecule has 0 fully saturated rings.